The van der Waals surface area contributed by atoms with Gasteiger partial charge in [-0.3, -0.25) is 9.59 Å². The minimum Gasteiger partial charge on any atom is -0.481 e. The fourth-order valence-electron chi connectivity index (χ4n) is 6.37. The zero-order valence-electron chi connectivity index (χ0n) is 25.4. The number of aliphatic carboxylic acids is 2. The van der Waals surface area contributed by atoms with Crippen molar-refractivity contribution in [3.63, 3.8) is 0 Å². The number of thioether (sulfide) groups is 1. The molecule has 44 heavy (non-hydrogen) atoms. The van der Waals surface area contributed by atoms with Crippen LogP contribution in [-0.2, 0) is 22.4 Å². The normalized spacial score (nSPS) is 18.7. The molecule has 0 saturated carbocycles. The van der Waals surface area contributed by atoms with Crippen molar-refractivity contribution in [3.8, 4) is 0 Å². The van der Waals surface area contributed by atoms with Crippen LogP contribution in [0, 0.1) is 27.7 Å². The zero-order chi connectivity index (χ0) is 31.4. The van der Waals surface area contributed by atoms with E-state index >= 15 is 0 Å². The molecule has 4 aromatic heterocycles. The van der Waals surface area contributed by atoms with Crippen molar-refractivity contribution < 1.29 is 19.8 Å². The lowest BCUT2D eigenvalue weighted by molar-refractivity contribution is -0.138. The van der Waals surface area contributed by atoms with E-state index in [2.05, 4.69) is 52.0 Å². The first-order valence-electron chi connectivity index (χ1n) is 14.6. The van der Waals surface area contributed by atoms with Gasteiger partial charge in [0.25, 0.3) is 0 Å². The number of fused-ring (bicyclic) bond motifs is 8. The van der Waals surface area contributed by atoms with Gasteiger partial charge < -0.3 is 30.1 Å². The Bertz CT molecular complexity index is 2250. The van der Waals surface area contributed by atoms with E-state index in [1.54, 1.807) is 0 Å². The van der Waals surface area contributed by atoms with E-state index in [0.717, 1.165) is 87.9 Å². The molecule has 228 valence electrons. The van der Waals surface area contributed by atoms with Gasteiger partial charge in [-0.25, -0.2) is 0 Å². The van der Waals surface area contributed by atoms with Crippen molar-refractivity contribution in [2.75, 3.05) is 5.75 Å². The van der Waals surface area contributed by atoms with Crippen molar-refractivity contribution in [1.82, 2.24) is 19.9 Å². The number of hydrogen-bond acceptors (Lipinski definition) is 4. The second kappa shape index (κ2) is 11.5. The topological polar surface area (TPSA) is 138 Å². The summed E-state index contributed by atoms with van der Waals surface area (Å²) in [6, 6.07) is 0. The molecule has 6 rings (SSSR count). The number of aromatic nitrogens is 4. The summed E-state index contributed by atoms with van der Waals surface area (Å²) in [6.07, 6.45) is 9.09. The Morgan fingerprint density at radius 1 is 0.705 bits per heavy atom. The summed E-state index contributed by atoms with van der Waals surface area (Å²) >= 11 is 6.62. The highest BCUT2D eigenvalue weighted by Gasteiger charge is 2.19. The van der Waals surface area contributed by atoms with Gasteiger partial charge in [0, 0.05) is 78.1 Å². The lowest BCUT2D eigenvalue weighted by Crippen LogP contribution is -2.25. The first-order chi connectivity index (χ1) is 20.9. The third-order valence-electron chi connectivity index (χ3n) is 8.80. The minimum atomic E-state index is -0.861. The maximum Gasteiger partial charge on any atom is 0.303 e. The van der Waals surface area contributed by atoms with Crippen LogP contribution in [0.5, 0.6) is 0 Å². The average Bonchev–Trinajstić information content (AvgIpc) is 3.49. The number of carboxylic acid groups (broad SMARTS) is 2. The fourth-order valence-corrected chi connectivity index (χ4v) is 7.28. The molecule has 0 atom stereocenters. The summed E-state index contributed by atoms with van der Waals surface area (Å²) in [5.74, 6) is -0.707. The van der Waals surface area contributed by atoms with Crippen molar-refractivity contribution in [1.29, 1.82) is 0 Å². The zero-order valence-corrected chi connectivity index (χ0v) is 27.1. The van der Waals surface area contributed by atoms with Crippen LogP contribution >= 0.6 is 24.4 Å². The smallest absolute Gasteiger partial charge is 0.303 e. The first kappa shape index (κ1) is 30.0. The molecule has 10 heteroatoms. The molecule has 6 heterocycles. The van der Waals surface area contributed by atoms with Gasteiger partial charge in [-0.15, -0.1) is 24.4 Å². The molecule has 1 fully saturated rings. The van der Waals surface area contributed by atoms with Crippen LogP contribution in [0.4, 0.5) is 0 Å². The van der Waals surface area contributed by atoms with Gasteiger partial charge in [0.1, 0.15) is 0 Å². The van der Waals surface area contributed by atoms with Crippen LogP contribution in [0.3, 0.4) is 0 Å². The number of hydrogen-bond donors (Lipinski definition) is 7. The van der Waals surface area contributed by atoms with Crippen molar-refractivity contribution in [2.45, 2.75) is 60.3 Å². The van der Waals surface area contributed by atoms with Gasteiger partial charge in [0.05, 0.1) is 0 Å². The molecule has 6 N–H and O–H groups in total. The third-order valence-corrected chi connectivity index (χ3v) is 9.80. The lowest BCUT2D eigenvalue weighted by Gasteiger charge is -2.01. The monoisotopic (exact) mass is 628 g/mol. The SMILES string of the molecule is C/C(S)=c1\c(C)c2[nH]\c1=C/c1[nH]c(c(CCC(=O)O)c1C)/C=c1\[nH]/c(c(C)c1CCC(=O)O)=C\c1[nH]/c(c(=C3CS3)c1C)=C\2. The van der Waals surface area contributed by atoms with Crippen LogP contribution in [0.25, 0.3) is 34.1 Å². The molecule has 0 aliphatic carbocycles. The van der Waals surface area contributed by atoms with Gasteiger partial charge in [-0.05, 0) is 110 Å². The number of thiol groups is 1. The number of nitrogens with one attached hydrogen (secondary N) is 4. The van der Waals surface area contributed by atoms with Gasteiger partial charge in [0.2, 0.25) is 0 Å². The van der Waals surface area contributed by atoms with E-state index in [1.165, 1.54) is 15.7 Å². The maximum absolute atomic E-state index is 11.6. The Morgan fingerprint density at radius 2 is 1.25 bits per heavy atom. The molecule has 0 spiro atoms. The predicted molar refractivity (Wildman–Crippen MR) is 180 cm³/mol. The largest absolute Gasteiger partial charge is 0.481 e. The van der Waals surface area contributed by atoms with Crippen LogP contribution in [0.15, 0.2) is 0 Å². The summed E-state index contributed by atoms with van der Waals surface area (Å²) < 4.78 is 0. The number of carboxylic acids is 2. The molecular weight excluding hydrogens is 593 g/mol. The van der Waals surface area contributed by atoms with Crippen LogP contribution in [0.1, 0.15) is 75.9 Å². The molecule has 2 aliphatic rings. The summed E-state index contributed by atoms with van der Waals surface area (Å²) in [6.45, 7) is 10.3. The second-order valence-electron chi connectivity index (χ2n) is 11.7. The van der Waals surface area contributed by atoms with E-state index in [4.69, 9.17) is 12.6 Å². The number of aromatic amines is 4. The first-order valence-corrected chi connectivity index (χ1v) is 16.1. The second-order valence-corrected chi connectivity index (χ2v) is 13.4. The molecule has 0 unspecified atom stereocenters. The Labute approximate surface area is 263 Å². The fraction of sp³-hybridized carbons (Fsp3) is 0.294. The Hall–Kier alpha value is -4.02. The lowest BCUT2D eigenvalue weighted by atomic mass is 10.0. The van der Waals surface area contributed by atoms with E-state index in [-0.39, 0.29) is 12.8 Å². The van der Waals surface area contributed by atoms with E-state index in [9.17, 15) is 19.8 Å². The predicted octanol–water partition coefficient (Wildman–Crippen LogP) is 1.81. The van der Waals surface area contributed by atoms with Gasteiger partial charge >= 0.3 is 11.9 Å². The van der Waals surface area contributed by atoms with Crippen molar-refractivity contribution in [3.05, 3.63) is 88.0 Å². The van der Waals surface area contributed by atoms with Crippen LogP contribution in [0.2, 0.25) is 0 Å². The maximum atomic E-state index is 11.6. The summed E-state index contributed by atoms with van der Waals surface area (Å²) in [5, 5.41) is 25.0. The average molecular weight is 629 g/mol. The molecule has 0 amide bonds. The Morgan fingerprint density at radius 3 is 1.89 bits per heavy atom. The quantitative estimate of drug-likeness (QED) is 0.114. The molecule has 8 bridgehead atoms. The number of H-pyrrole nitrogens is 4. The van der Waals surface area contributed by atoms with Gasteiger partial charge in [-0.2, -0.15) is 0 Å². The summed E-state index contributed by atoms with van der Waals surface area (Å²) in [5.41, 5.74) is 9.73. The summed E-state index contributed by atoms with van der Waals surface area (Å²) in [4.78, 5) is 39.9. The number of rotatable bonds is 6. The molecule has 0 aromatic carbocycles. The standard InChI is InChI=1S/C34H36N4O4S2/c1-15-20(6-8-31(39)40)26-13-27-21(7-9-32(41)42)16(2)23(36-27)11-28-33(19(5)43)17(3)25(37-28)12-29-34(30-14-44-30)18(4)24(38-29)10-22(15)35-26/h10-13,35-38,43H,6-9,14H2,1-5H3,(H,39,40)(H,41,42)/b22-10-,26-13-,28-11-,29-12-,33-19-,34-30?. The molecule has 1 saturated heterocycles. The highest BCUT2D eigenvalue weighted by Crippen LogP contribution is 2.35. The van der Waals surface area contributed by atoms with E-state index in [0.29, 0.717) is 12.8 Å². The van der Waals surface area contributed by atoms with E-state index in [1.807, 2.05) is 38.6 Å². The molecule has 4 aromatic rings. The summed E-state index contributed by atoms with van der Waals surface area (Å²) in [7, 11) is 0. The Kier molecular flexibility index (Phi) is 7.83. The Balaban J connectivity index is 1.76. The van der Waals surface area contributed by atoms with Crippen molar-refractivity contribution in [2.24, 2.45) is 0 Å². The highest BCUT2D eigenvalue weighted by atomic mass is 32.2. The van der Waals surface area contributed by atoms with E-state index < -0.39 is 11.9 Å². The third kappa shape index (κ3) is 5.52. The molecule has 2 aliphatic heterocycles. The molecule has 0 radical (unpaired) electrons. The van der Waals surface area contributed by atoms with Crippen LogP contribution in [-0.4, -0.2) is 47.8 Å². The van der Waals surface area contributed by atoms with Gasteiger partial charge in [0.15, 0.2) is 0 Å². The molecular formula is C34H36N4O4S2. The van der Waals surface area contributed by atoms with Crippen LogP contribution < -0.4 is 31.8 Å². The number of carbonyl (C=O) groups is 2. The molecule has 8 nitrogen and oxygen atoms in total. The van der Waals surface area contributed by atoms with Crippen molar-refractivity contribution >= 4 is 70.4 Å². The van der Waals surface area contributed by atoms with Gasteiger partial charge in [-0.1, -0.05) is 0 Å². The minimum absolute atomic E-state index is 0.00302. The highest BCUT2D eigenvalue weighted by molar-refractivity contribution is 8.17.